The van der Waals surface area contributed by atoms with Gasteiger partial charge in [0.25, 0.3) is 0 Å². The summed E-state index contributed by atoms with van der Waals surface area (Å²) >= 11 is 2.48. The number of hydrogen-bond acceptors (Lipinski definition) is 0. The molecule has 0 aliphatic heterocycles. The molecule has 0 atom stereocenters. The number of hydrogen-bond donors (Lipinski definition) is 0. The third kappa shape index (κ3) is 2.18. The van der Waals surface area contributed by atoms with Crippen LogP contribution in [0.3, 0.4) is 0 Å². The van der Waals surface area contributed by atoms with E-state index in [9.17, 15) is 0 Å². The van der Waals surface area contributed by atoms with Gasteiger partial charge in [-0.1, -0.05) is 0 Å². The molecule has 0 spiro atoms. The van der Waals surface area contributed by atoms with Crippen LogP contribution in [-0.4, -0.2) is 26.9 Å². The normalized spacial score (nSPS) is 9.00. The molecule has 3 radical (unpaired) electrons. The second-order valence-corrected chi connectivity index (χ2v) is 6.45. The van der Waals surface area contributed by atoms with Gasteiger partial charge in [-0.05, 0) is 0 Å². The van der Waals surface area contributed by atoms with E-state index in [0.717, 1.165) is 0 Å². The molecule has 0 aliphatic carbocycles. The third-order valence-corrected chi connectivity index (χ3v) is 5.65. The SMILES string of the molecule is Cc1cc[c]([Ge]=[Ge])cc1. The van der Waals surface area contributed by atoms with E-state index in [4.69, 9.17) is 0 Å². The Morgan fingerprint density at radius 1 is 1.22 bits per heavy atom. The Morgan fingerprint density at radius 3 is 2.22 bits per heavy atom. The molecule has 0 saturated heterocycles. The van der Waals surface area contributed by atoms with Crippen molar-refractivity contribution >= 4 is 31.3 Å². The summed E-state index contributed by atoms with van der Waals surface area (Å²) in [5.74, 6) is 0. The van der Waals surface area contributed by atoms with E-state index in [1.54, 1.807) is 4.40 Å². The molecule has 0 aliphatic rings. The summed E-state index contributed by atoms with van der Waals surface area (Å²) in [6, 6.07) is 8.83. The van der Waals surface area contributed by atoms with Gasteiger partial charge in [0.05, 0.1) is 0 Å². The van der Waals surface area contributed by atoms with E-state index >= 15 is 0 Å². The first-order valence-corrected chi connectivity index (χ1v) is 10.4. The van der Waals surface area contributed by atoms with Crippen molar-refractivity contribution in [1.82, 2.24) is 0 Å². The minimum atomic E-state index is 0.182. The van der Waals surface area contributed by atoms with Crippen LogP contribution >= 0.6 is 0 Å². The standard InChI is InChI=1S/C7H7Ge2/c1-6-2-4-7(9-8)5-3-6/h2-5H,1H3. The van der Waals surface area contributed by atoms with Crippen LogP contribution in [0.15, 0.2) is 24.3 Å². The molecule has 43 valence electrons. The maximum absolute atomic E-state index is 2.30. The summed E-state index contributed by atoms with van der Waals surface area (Å²) in [5.41, 5.74) is 1.36. The van der Waals surface area contributed by atoms with Gasteiger partial charge in [0.2, 0.25) is 0 Å². The van der Waals surface area contributed by atoms with Crippen molar-refractivity contribution in [3.05, 3.63) is 29.8 Å². The van der Waals surface area contributed by atoms with Crippen LogP contribution < -0.4 is 4.40 Å². The fourth-order valence-electron chi connectivity index (χ4n) is 0.637. The van der Waals surface area contributed by atoms with Crippen LogP contribution in [0, 0.1) is 6.92 Å². The molecule has 1 rings (SSSR count). The quantitative estimate of drug-likeness (QED) is 0.620. The van der Waals surface area contributed by atoms with Crippen molar-refractivity contribution in [3.63, 3.8) is 0 Å². The molecule has 0 bridgehead atoms. The van der Waals surface area contributed by atoms with Crippen molar-refractivity contribution in [2.45, 2.75) is 6.92 Å². The molecule has 0 saturated carbocycles. The van der Waals surface area contributed by atoms with Crippen molar-refractivity contribution in [1.29, 1.82) is 0 Å². The maximum atomic E-state index is 2.30. The van der Waals surface area contributed by atoms with Gasteiger partial charge >= 0.3 is 68.1 Å². The molecule has 0 aromatic heterocycles. The zero-order valence-electron chi connectivity index (χ0n) is 5.31. The van der Waals surface area contributed by atoms with Crippen LogP contribution in [-0.2, 0) is 0 Å². The summed E-state index contributed by atoms with van der Waals surface area (Å²) in [5, 5.41) is 0. The number of rotatable bonds is 1. The van der Waals surface area contributed by atoms with Crippen molar-refractivity contribution < 1.29 is 0 Å². The Labute approximate surface area is 68.1 Å². The summed E-state index contributed by atoms with van der Waals surface area (Å²) in [7, 11) is 0. The molecule has 0 heterocycles. The Morgan fingerprint density at radius 2 is 1.78 bits per heavy atom. The predicted octanol–water partition coefficient (Wildman–Crippen LogP) is 0.408. The summed E-state index contributed by atoms with van der Waals surface area (Å²) in [6.07, 6.45) is 0. The van der Waals surface area contributed by atoms with Gasteiger partial charge in [-0.25, -0.2) is 0 Å². The molecule has 1 aromatic carbocycles. The molecule has 0 N–H and O–H groups in total. The summed E-state index contributed by atoms with van der Waals surface area (Å²) < 4.78 is 1.54. The molecular formula is C7H7Ge2. The van der Waals surface area contributed by atoms with Crippen molar-refractivity contribution in [3.8, 4) is 0 Å². The van der Waals surface area contributed by atoms with E-state index in [1.165, 1.54) is 5.56 Å². The van der Waals surface area contributed by atoms with E-state index in [0.29, 0.717) is 0 Å². The average molecular weight is 236 g/mol. The molecule has 0 nitrogen and oxygen atoms in total. The van der Waals surface area contributed by atoms with E-state index in [2.05, 4.69) is 45.2 Å². The Balaban J connectivity index is 3.01. The molecular weight excluding hydrogens is 229 g/mol. The Kier molecular flexibility index (Phi) is 2.86. The fourth-order valence-corrected chi connectivity index (χ4v) is 3.15. The van der Waals surface area contributed by atoms with Crippen LogP contribution in [0.2, 0.25) is 0 Å². The van der Waals surface area contributed by atoms with Crippen LogP contribution in [0.25, 0.3) is 0 Å². The van der Waals surface area contributed by atoms with Crippen molar-refractivity contribution in [2.24, 2.45) is 0 Å². The van der Waals surface area contributed by atoms with Crippen molar-refractivity contribution in [2.75, 3.05) is 0 Å². The van der Waals surface area contributed by atoms with Gasteiger partial charge < -0.3 is 0 Å². The second-order valence-electron chi connectivity index (χ2n) is 1.99. The van der Waals surface area contributed by atoms with E-state index < -0.39 is 0 Å². The van der Waals surface area contributed by atoms with E-state index in [-0.39, 0.29) is 12.9 Å². The van der Waals surface area contributed by atoms with Gasteiger partial charge in [0.15, 0.2) is 0 Å². The van der Waals surface area contributed by atoms with Crippen LogP contribution in [0.1, 0.15) is 5.56 Å². The number of aryl methyl sites for hydroxylation is 1. The fraction of sp³-hybridized carbons (Fsp3) is 0.143. The van der Waals surface area contributed by atoms with Gasteiger partial charge in [-0.3, -0.25) is 0 Å². The molecule has 9 heavy (non-hydrogen) atoms. The Bertz CT molecular complexity index is 201. The molecule has 1 aromatic rings. The first-order chi connectivity index (χ1) is 4.33. The monoisotopic (exact) mass is 239 g/mol. The first kappa shape index (κ1) is 7.41. The predicted molar refractivity (Wildman–Crippen MR) is 42.3 cm³/mol. The first-order valence-electron chi connectivity index (χ1n) is 2.82. The average Bonchev–Trinajstić information content (AvgIpc) is 1.90. The van der Waals surface area contributed by atoms with Gasteiger partial charge in [-0.2, -0.15) is 0 Å². The van der Waals surface area contributed by atoms with E-state index in [1.807, 2.05) is 0 Å². The topological polar surface area (TPSA) is 0 Å². The van der Waals surface area contributed by atoms with Gasteiger partial charge in [0.1, 0.15) is 0 Å². The minimum absolute atomic E-state index is 0.182. The molecule has 0 amide bonds. The zero-order valence-corrected chi connectivity index (χ0v) is 9.51. The summed E-state index contributed by atoms with van der Waals surface area (Å²) in [6.45, 7) is 2.12. The number of benzene rings is 1. The van der Waals surface area contributed by atoms with Crippen LogP contribution in [0.5, 0.6) is 0 Å². The van der Waals surface area contributed by atoms with Gasteiger partial charge in [-0.15, -0.1) is 0 Å². The van der Waals surface area contributed by atoms with Crippen LogP contribution in [0.4, 0.5) is 0 Å². The molecule has 0 unspecified atom stereocenters. The Hall–Kier alpha value is 0.306. The summed E-state index contributed by atoms with van der Waals surface area (Å²) in [4.78, 5) is 0. The second kappa shape index (κ2) is 3.47. The molecule has 2 heteroatoms. The van der Waals surface area contributed by atoms with Gasteiger partial charge in [0, 0.05) is 0 Å². The molecule has 0 fully saturated rings. The third-order valence-electron chi connectivity index (χ3n) is 1.20. The zero-order chi connectivity index (χ0) is 6.69.